The third kappa shape index (κ3) is 4.37. The molecule has 2 amide bonds. The molecule has 9 nitrogen and oxygen atoms in total. The fraction of sp³-hybridized carbons (Fsp3) is 0.214. The Bertz CT molecular complexity index is 723. The zero-order valence-corrected chi connectivity index (χ0v) is 12.4. The molecule has 0 unspecified atom stereocenters. The van der Waals surface area contributed by atoms with Crippen molar-refractivity contribution in [3.8, 4) is 0 Å². The highest BCUT2D eigenvalue weighted by Crippen LogP contribution is 2.11. The van der Waals surface area contributed by atoms with Gasteiger partial charge in [-0.05, 0) is 24.3 Å². The lowest BCUT2D eigenvalue weighted by molar-refractivity contribution is -0.385. The number of amides is 2. The summed E-state index contributed by atoms with van der Waals surface area (Å²) in [6.45, 7) is 0.232. The molecule has 0 aliphatic rings. The van der Waals surface area contributed by atoms with Crippen molar-refractivity contribution in [2.45, 2.75) is 13.0 Å². The molecular formula is C14H15N5O4. The van der Waals surface area contributed by atoms with Gasteiger partial charge in [0.1, 0.15) is 12.4 Å². The first-order valence-electron chi connectivity index (χ1n) is 6.78. The van der Waals surface area contributed by atoms with Crippen LogP contribution in [0.15, 0.2) is 36.7 Å². The Kier molecular flexibility index (Phi) is 5.03. The first kappa shape index (κ1) is 16.1. The molecule has 1 heterocycles. The van der Waals surface area contributed by atoms with Crippen LogP contribution in [0.3, 0.4) is 0 Å². The third-order valence-corrected chi connectivity index (χ3v) is 3.06. The quantitative estimate of drug-likeness (QED) is 0.612. The van der Waals surface area contributed by atoms with Gasteiger partial charge < -0.3 is 10.6 Å². The number of carbonyl (C=O) groups is 2. The minimum atomic E-state index is -0.544. The summed E-state index contributed by atoms with van der Waals surface area (Å²) >= 11 is 0. The van der Waals surface area contributed by atoms with E-state index in [9.17, 15) is 19.7 Å². The van der Waals surface area contributed by atoms with Crippen LogP contribution in [0, 0.1) is 10.1 Å². The van der Waals surface area contributed by atoms with Crippen LogP contribution < -0.4 is 10.6 Å². The molecular weight excluding hydrogens is 302 g/mol. The maximum atomic E-state index is 11.8. The Morgan fingerprint density at radius 2 is 2.00 bits per heavy atom. The summed E-state index contributed by atoms with van der Waals surface area (Å²) in [5, 5.41) is 19.5. The van der Waals surface area contributed by atoms with Gasteiger partial charge in [-0.1, -0.05) is 0 Å². The van der Waals surface area contributed by atoms with E-state index in [4.69, 9.17) is 0 Å². The number of hydrogen-bond donors (Lipinski definition) is 2. The number of rotatable bonds is 6. The largest absolute Gasteiger partial charge is 0.355 e. The van der Waals surface area contributed by atoms with Gasteiger partial charge in [-0.25, -0.2) is 0 Å². The number of nitrogens with zero attached hydrogens (tertiary/aromatic N) is 3. The number of aryl methyl sites for hydroxylation is 1. The van der Waals surface area contributed by atoms with E-state index in [2.05, 4.69) is 15.7 Å². The molecule has 0 bridgehead atoms. The molecule has 2 N–H and O–H groups in total. The second kappa shape index (κ2) is 7.16. The molecule has 0 saturated carbocycles. The Hall–Kier alpha value is -3.23. The molecule has 1 aromatic heterocycles. The highest BCUT2D eigenvalue weighted by Gasteiger charge is 2.10. The molecule has 9 heteroatoms. The topological polar surface area (TPSA) is 119 Å². The first-order chi connectivity index (χ1) is 11.0. The zero-order valence-electron chi connectivity index (χ0n) is 12.4. The summed E-state index contributed by atoms with van der Waals surface area (Å²) < 4.78 is 1.34. The number of hydrogen-bond acceptors (Lipinski definition) is 5. The molecule has 0 aliphatic heterocycles. The molecule has 0 fully saturated rings. The van der Waals surface area contributed by atoms with E-state index in [0.29, 0.717) is 11.3 Å². The van der Waals surface area contributed by atoms with E-state index < -0.39 is 4.92 Å². The van der Waals surface area contributed by atoms with Crippen molar-refractivity contribution in [1.29, 1.82) is 0 Å². The SMILES string of the molecule is CNC(=O)c1ccc(NC(=O)CCn2cc([N+](=O)[O-])cn2)cc1. The zero-order chi connectivity index (χ0) is 16.8. The molecule has 120 valence electrons. The lowest BCUT2D eigenvalue weighted by Crippen LogP contribution is -2.18. The standard InChI is InChI=1S/C14H15N5O4/c1-15-14(21)10-2-4-11(5-3-10)17-13(20)6-7-18-9-12(8-16-18)19(22)23/h2-5,8-9H,6-7H2,1H3,(H,15,21)(H,17,20). The van der Waals surface area contributed by atoms with Crippen LogP contribution in [0.1, 0.15) is 16.8 Å². The molecule has 0 saturated heterocycles. The lowest BCUT2D eigenvalue weighted by Gasteiger charge is -2.06. The second-order valence-corrected chi connectivity index (χ2v) is 4.67. The number of benzene rings is 1. The van der Waals surface area contributed by atoms with Gasteiger partial charge in [0.15, 0.2) is 0 Å². The van der Waals surface area contributed by atoms with Crippen LogP contribution in [0.5, 0.6) is 0 Å². The van der Waals surface area contributed by atoms with Crippen molar-refractivity contribution in [2.24, 2.45) is 0 Å². The fourth-order valence-electron chi connectivity index (χ4n) is 1.86. The van der Waals surface area contributed by atoms with Gasteiger partial charge in [0.05, 0.1) is 4.92 Å². The Morgan fingerprint density at radius 3 is 2.57 bits per heavy atom. The predicted molar refractivity (Wildman–Crippen MR) is 82.0 cm³/mol. The van der Waals surface area contributed by atoms with E-state index in [0.717, 1.165) is 6.20 Å². The Morgan fingerprint density at radius 1 is 1.30 bits per heavy atom. The van der Waals surface area contributed by atoms with Crippen LogP contribution in [0.25, 0.3) is 0 Å². The first-order valence-corrected chi connectivity index (χ1v) is 6.78. The number of nitrogens with one attached hydrogen (secondary N) is 2. The van der Waals surface area contributed by atoms with Crippen LogP contribution in [0.4, 0.5) is 11.4 Å². The number of carbonyl (C=O) groups excluding carboxylic acids is 2. The molecule has 0 spiro atoms. The van der Waals surface area contributed by atoms with Crippen LogP contribution in [-0.4, -0.2) is 33.6 Å². The number of aromatic nitrogens is 2. The van der Waals surface area contributed by atoms with E-state index in [1.165, 1.54) is 17.9 Å². The molecule has 2 rings (SSSR count). The summed E-state index contributed by atoms with van der Waals surface area (Å²) in [6.07, 6.45) is 2.52. The van der Waals surface area contributed by atoms with Crippen molar-refractivity contribution >= 4 is 23.2 Å². The van der Waals surface area contributed by atoms with Gasteiger partial charge in [0, 0.05) is 31.3 Å². The summed E-state index contributed by atoms with van der Waals surface area (Å²) in [4.78, 5) is 33.2. The smallest absolute Gasteiger partial charge is 0.306 e. The third-order valence-electron chi connectivity index (χ3n) is 3.06. The molecule has 0 atom stereocenters. The van der Waals surface area contributed by atoms with Crippen LogP contribution >= 0.6 is 0 Å². The molecule has 1 aromatic carbocycles. The maximum Gasteiger partial charge on any atom is 0.306 e. The second-order valence-electron chi connectivity index (χ2n) is 4.67. The predicted octanol–water partition coefficient (Wildman–Crippen LogP) is 1.18. The number of anilines is 1. The minimum absolute atomic E-state index is 0.116. The summed E-state index contributed by atoms with van der Waals surface area (Å²) in [7, 11) is 1.54. The normalized spacial score (nSPS) is 10.1. The monoisotopic (exact) mass is 317 g/mol. The molecule has 0 aliphatic carbocycles. The van der Waals surface area contributed by atoms with Gasteiger partial charge in [0.2, 0.25) is 5.91 Å². The van der Waals surface area contributed by atoms with Crippen LogP contribution in [-0.2, 0) is 11.3 Å². The van der Waals surface area contributed by atoms with Gasteiger partial charge in [-0.3, -0.25) is 24.4 Å². The van der Waals surface area contributed by atoms with Gasteiger partial charge in [0.25, 0.3) is 5.91 Å². The van der Waals surface area contributed by atoms with E-state index in [-0.39, 0.29) is 30.5 Å². The van der Waals surface area contributed by atoms with E-state index in [1.54, 1.807) is 24.3 Å². The van der Waals surface area contributed by atoms with Crippen molar-refractivity contribution in [3.63, 3.8) is 0 Å². The van der Waals surface area contributed by atoms with Gasteiger partial charge in [-0.2, -0.15) is 5.10 Å². The van der Waals surface area contributed by atoms with Crippen molar-refractivity contribution in [1.82, 2.24) is 15.1 Å². The van der Waals surface area contributed by atoms with Crippen molar-refractivity contribution in [3.05, 3.63) is 52.3 Å². The summed E-state index contributed by atoms with van der Waals surface area (Å²) in [6, 6.07) is 6.46. The average molecular weight is 317 g/mol. The van der Waals surface area contributed by atoms with Gasteiger partial charge in [-0.15, -0.1) is 0 Å². The highest BCUT2D eigenvalue weighted by atomic mass is 16.6. The molecule has 2 aromatic rings. The molecule has 0 radical (unpaired) electrons. The van der Waals surface area contributed by atoms with E-state index >= 15 is 0 Å². The van der Waals surface area contributed by atoms with E-state index in [1.807, 2.05) is 0 Å². The van der Waals surface area contributed by atoms with Gasteiger partial charge >= 0.3 is 5.69 Å². The Labute approximate surface area is 131 Å². The minimum Gasteiger partial charge on any atom is -0.355 e. The lowest BCUT2D eigenvalue weighted by atomic mass is 10.2. The Balaban J connectivity index is 1.86. The maximum absolute atomic E-state index is 11.8. The average Bonchev–Trinajstić information content (AvgIpc) is 3.02. The summed E-state index contributed by atoms with van der Waals surface area (Å²) in [5.74, 6) is -0.459. The molecule has 23 heavy (non-hydrogen) atoms. The van der Waals surface area contributed by atoms with Crippen molar-refractivity contribution in [2.75, 3.05) is 12.4 Å². The number of nitro groups is 1. The summed E-state index contributed by atoms with van der Waals surface area (Å²) in [5.41, 5.74) is 0.943. The highest BCUT2D eigenvalue weighted by molar-refractivity contribution is 5.95. The van der Waals surface area contributed by atoms with Crippen molar-refractivity contribution < 1.29 is 14.5 Å². The van der Waals surface area contributed by atoms with Crippen LogP contribution in [0.2, 0.25) is 0 Å². The fourth-order valence-corrected chi connectivity index (χ4v) is 1.86.